The molecule has 1 aromatic carbocycles. The molecule has 0 saturated heterocycles. The average molecular weight is 326 g/mol. The van der Waals surface area contributed by atoms with Gasteiger partial charge >= 0.3 is 5.97 Å². The van der Waals surface area contributed by atoms with Crippen molar-refractivity contribution in [2.45, 2.75) is 19.4 Å². The Balaban J connectivity index is 2.09. The van der Waals surface area contributed by atoms with Crippen LogP contribution in [0.25, 0.3) is 0 Å². The standard InChI is InChI=1S/C14H16BrNO3/c1-16(9-10-5-3-4-6-11(10)15)12(17)14(7-8-14)13(18)19-2/h3-6H,7-9H2,1-2H3. The van der Waals surface area contributed by atoms with Gasteiger partial charge in [0.2, 0.25) is 5.91 Å². The Labute approximate surface area is 120 Å². The van der Waals surface area contributed by atoms with Gasteiger partial charge in [-0.05, 0) is 24.5 Å². The number of ether oxygens (including phenoxy) is 1. The number of halogens is 1. The third kappa shape index (κ3) is 2.66. The summed E-state index contributed by atoms with van der Waals surface area (Å²) in [7, 11) is 3.04. The minimum Gasteiger partial charge on any atom is -0.468 e. The summed E-state index contributed by atoms with van der Waals surface area (Å²) < 4.78 is 5.68. The predicted octanol–water partition coefficient (Wildman–Crippen LogP) is 2.36. The van der Waals surface area contributed by atoms with Gasteiger partial charge in [0.05, 0.1) is 7.11 Å². The molecule has 1 amide bonds. The molecule has 0 N–H and O–H groups in total. The first kappa shape index (κ1) is 14.1. The highest BCUT2D eigenvalue weighted by Crippen LogP contribution is 2.48. The number of nitrogens with zero attached hydrogens (tertiary/aromatic N) is 1. The fourth-order valence-electron chi connectivity index (χ4n) is 2.14. The molecule has 0 radical (unpaired) electrons. The summed E-state index contributed by atoms with van der Waals surface area (Å²) in [6.07, 6.45) is 1.16. The zero-order chi connectivity index (χ0) is 14.0. The van der Waals surface area contributed by atoms with Gasteiger partial charge in [0.1, 0.15) is 5.41 Å². The number of esters is 1. The van der Waals surface area contributed by atoms with E-state index in [1.54, 1.807) is 11.9 Å². The molecule has 0 bridgehead atoms. The molecule has 4 nitrogen and oxygen atoms in total. The van der Waals surface area contributed by atoms with E-state index in [0.717, 1.165) is 10.0 Å². The minimum absolute atomic E-state index is 0.157. The van der Waals surface area contributed by atoms with Crippen LogP contribution in [-0.4, -0.2) is 30.9 Å². The van der Waals surface area contributed by atoms with Gasteiger partial charge in [0.25, 0.3) is 0 Å². The topological polar surface area (TPSA) is 46.6 Å². The molecule has 1 fully saturated rings. The largest absolute Gasteiger partial charge is 0.468 e. The maximum Gasteiger partial charge on any atom is 0.321 e. The van der Waals surface area contributed by atoms with Crippen molar-refractivity contribution in [1.29, 1.82) is 0 Å². The highest BCUT2D eigenvalue weighted by atomic mass is 79.9. The van der Waals surface area contributed by atoms with Crippen LogP contribution in [0.5, 0.6) is 0 Å². The van der Waals surface area contributed by atoms with Crippen LogP contribution in [-0.2, 0) is 20.9 Å². The Hall–Kier alpha value is -1.36. The van der Waals surface area contributed by atoms with Gasteiger partial charge in [-0.25, -0.2) is 0 Å². The summed E-state index contributed by atoms with van der Waals surface area (Å²) in [5.74, 6) is -0.577. The van der Waals surface area contributed by atoms with Crippen molar-refractivity contribution in [1.82, 2.24) is 4.90 Å². The van der Waals surface area contributed by atoms with Crippen molar-refractivity contribution in [3.05, 3.63) is 34.3 Å². The molecular formula is C14H16BrNO3. The van der Waals surface area contributed by atoms with Gasteiger partial charge in [-0.15, -0.1) is 0 Å². The van der Waals surface area contributed by atoms with E-state index in [0.29, 0.717) is 19.4 Å². The summed E-state index contributed by atoms with van der Waals surface area (Å²) in [6, 6.07) is 7.73. The number of rotatable bonds is 4. The van der Waals surface area contributed by atoms with E-state index in [1.807, 2.05) is 24.3 Å². The van der Waals surface area contributed by atoms with Crippen molar-refractivity contribution < 1.29 is 14.3 Å². The van der Waals surface area contributed by atoms with E-state index in [4.69, 9.17) is 4.74 Å². The van der Waals surface area contributed by atoms with Gasteiger partial charge in [-0.1, -0.05) is 34.1 Å². The van der Waals surface area contributed by atoms with Gasteiger partial charge in [0, 0.05) is 18.1 Å². The molecule has 0 atom stereocenters. The number of methoxy groups -OCH3 is 1. The highest BCUT2D eigenvalue weighted by Gasteiger charge is 2.58. The van der Waals surface area contributed by atoms with Crippen LogP contribution in [0.2, 0.25) is 0 Å². The van der Waals surface area contributed by atoms with Crippen molar-refractivity contribution >= 4 is 27.8 Å². The second-order valence-corrected chi connectivity index (χ2v) is 5.68. The highest BCUT2D eigenvalue weighted by molar-refractivity contribution is 9.10. The minimum atomic E-state index is -0.926. The molecule has 5 heteroatoms. The summed E-state index contributed by atoms with van der Waals surface area (Å²) in [4.78, 5) is 25.6. The summed E-state index contributed by atoms with van der Waals surface area (Å²) in [6.45, 7) is 0.471. The lowest BCUT2D eigenvalue weighted by Gasteiger charge is -2.22. The Morgan fingerprint density at radius 3 is 2.53 bits per heavy atom. The molecule has 0 aliphatic heterocycles. The number of carbonyl (C=O) groups is 2. The summed E-state index contributed by atoms with van der Waals surface area (Å²) in [5.41, 5.74) is 0.0871. The molecule has 0 spiro atoms. The first-order valence-corrected chi connectivity index (χ1v) is 6.88. The maximum absolute atomic E-state index is 12.4. The zero-order valence-electron chi connectivity index (χ0n) is 11.0. The second kappa shape index (κ2) is 5.33. The number of hydrogen-bond donors (Lipinski definition) is 0. The van der Waals surface area contributed by atoms with E-state index in [-0.39, 0.29) is 5.91 Å². The number of amides is 1. The van der Waals surface area contributed by atoms with Crippen molar-refractivity contribution in [3.8, 4) is 0 Å². The van der Waals surface area contributed by atoms with Gasteiger partial charge in [0.15, 0.2) is 0 Å². The van der Waals surface area contributed by atoms with Crippen LogP contribution in [0.15, 0.2) is 28.7 Å². The van der Waals surface area contributed by atoms with Gasteiger partial charge in [-0.3, -0.25) is 9.59 Å². The Morgan fingerprint density at radius 2 is 2.00 bits per heavy atom. The van der Waals surface area contributed by atoms with Crippen LogP contribution < -0.4 is 0 Å². The number of hydrogen-bond acceptors (Lipinski definition) is 3. The Kier molecular flexibility index (Phi) is 3.94. The molecule has 1 aliphatic carbocycles. The lowest BCUT2D eigenvalue weighted by molar-refractivity contribution is -0.155. The van der Waals surface area contributed by atoms with Crippen LogP contribution in [0.3, 0.4) is 0 Å². The molecule has 2 rings (SSSR count). The lowest BCUT2D eigenvalue weighted by atomic mass is 10.1. The smallest absolute Gasteiger partial charge is 0.321 e. The van der Waals surface area contributed by atoms with E-state index >= 15 is 0 Å². The van der Waals surface area contributed by atoms with Crippen molar-refractivity contribution in [2.24, 2.45) is 5.41 Å². The zero-order valence-corrected chi connectivity index (χ0v) is 12.6. The van der Waals surface area contributed by atoms with Crippen LogP contribution in [0.4, 0.5) is 0 Å². The quantitative estimate of drug-likeness (QED) is 0.630. The maximum atomic E-state index is 12.4. The van der Waals surface area contributed by atoms with E-state index in [1.165, 1.54) is 7.11 Å². The fraction of sp³-hybridized carbons (Fsp3) is 0.429. The first-order valence-electron chi connectivity index (χ1n) is 6.08. The van der Waals surface area contributed by atoms with Gasteiger partial charge in [-0.2, -0.15) is 0 Å². The lowest BCUT2D eigenvalue weighted by Crippen LogP contribution is -2.38. The van der Waals surface area contributed by atoms with Crippen LogP contribution >= 0.6 is 15.9 Å². The molecule has 102 valence electrons. The molecule has 1 aliphatic rings. The number of benzene rings is 1. The molecular weight excluding hydrogens is 310 g/mol. The second-order valence-electron chi connectivity index (χ2n) is 4.83. The predicted molar refractivity (Wildman–Crippen MR) is 74.3 cm³/mol. The molecule has 0 heterocycles. The molecule has 0 unspecified atom stereocenters. The number of carbonyl (C=O) groups excluding carboxylic acids is 2. The Bertz CT molecular complexity index is 511. The third-order valence-corrected chi connectivity index (χ3v) is 4.22. The van der Waals surface area contributed by atoms with E-state index in [2.05, 4.69) is 15.9 Å². The van der Waals surface area contributed by atoms with Crippen molar-refractivity contribution in [2.75, 3.05) is 14.2 Å². The Morgan fingerprint density at radius 1 is 1.37 bits per heavy atom. The normalized spacial score (nSPS) is 15.7. The fourth-order valence-corrected chi connectivity index (χ4v) is 2.56. The summed E-state index contributed by atoms with van der Waals surface area (Å²) in [5, 5.41) is 0. The van der Waals surface area contributed by atoms with Gasteiger partial charge < -0.3 is 9.64 Å². The van der Waals surface area contributed by atoms with Crippen LogP contribution in [0, 0.1) is 5.41 Å². The SMILES string of the molecule is COC(=O)C1(C(=O)N(C)Cc2ccccc2Br)CC1. The van der Waals surface area contributed by atoms with Crippen molar-refractivity contribution in [3.63, 3.8) is 0 Å². The van der Waals surface area contributed by atoms with E-state index < -0.39 is 11.4 Å². The molecule has 0 aromatic heterocycles. The van der Waals surface area contributed by atoms with E-state index in [9.17, 15) is 9.59 Å². The monoisotopic (exact) mass is 325 g/mol. The first-order chi connectivity index (χ1) is 9.01. The average Bonchev–Trinajstić information content (AvgIpc) is 3.21. The van der Waals surface area contributed by atoms with Crippen LogP contribution in [0.1, 0.15) is 18.4 Å². The summed E-state index contributed by atoms with van der Waals surface area (Å²) >= 11 is 3.45. The molecule has 1 aromatic rings. The third-order valence-electron chi connectivity index (χ3n) is 3.45. The molecule has 19 heavy (non-hydrogen) atoms. The molecule has 1 saturated carbocycles.